The van der Waals surface area contributed by atoms with Crippen molar-refractivity contribution in [3.05, 3.63) is 0 Å². The standard InChI is InChI=1S/C11H21NO3/c1-4-12(5-2)10(13)6-7-11(3)14-8-9-15-11/h4-9H2,1-3H3. The van der Waals surface area contributed by atoms with E-state index in [1.807, 2.05) is 25.7 Å². The molecule has 0 aromatic carbocycles. The molecule has 15 heavy (non-hydrogen) atoms. The molecule has 0 aromatic heterocycles. The summed E-state index contributed by atoms with van der Waals surface area (Å²) in [7, 11) is 0. The second-order valence-electron chi connectivity index (χ2n) is 3.90. The molecule has 1 amide bonds. The Morgan fingerprint density at radius 2 is 1.80 bits per heavy atom. The number of rotatable bonds is 5. The summed E-state index contributed by atoms with van der Waals surface area (Å²) in [6.45, 7) is 8.69. The van der Waals surface area contributed by atoms with E-state index in [9.17, 15) is 4.79 Å². The molecule has 0 unspecified atom stereocenters. The third kappa shape index (κ3) is 3.47. The monoisotopic (exact) mass is 215 g/mol. The van der Waals surface area contributed by atoms with E-state index in [0.29, 0.717) is 26.1 Å². The Hall–Kier alpha value is -0.610. The molecule has 1 aliphatic rings. The lowest BCUT2D eigenvalue weighted by atomic mass is 10.1. The van der Waals surface area contributed by atoms with Gasteiger partial charge >= 0.3 is 0 Å². The van der Waals surface area contributed by atoms with Crippen molar-refractivity contribution in [2.75, 3.05) is 26.3 Å². The first-order valence-corrected chi connectivity index (χ1v) is 5.67. The van der Waals surface area contributed by atoms with E-state index in [1.54, 1.807) is 0 Å². The second-order valence-corrected chi connectivity index (χ2v) is 3.90. The molecule has 0 spiro atoms. The first kappa shape index (κ1) is 12.5. The van der Waals surface area contributed by atoms with Crippen molar-refractivity contribution < 1.29 is 14.3 Å². The van der Waals surface area contributed by atoms with Gasteiger partial charge in [0.15, 0.2) is 5.79 Å². The quantitative estimate of drug-likeness (QED) is 0.696. The molecule has 88 valence electrons. The fourth-order valence-corrected chi connectivity index (χ4v) is 1.77. The van der Waals surface area contributed by atoms with Gasteiger partial charge in [-0.05, 0) is 20.8 Å². The molecule has 0 saturated carbocycles. The molecule has 1 heterocycles. The highest BCUT2D eigenvalue weighted by atomic mass is 16.7. The van der Waals surface area contributed by atoms with Crippen molar-refractivity contribution in [3.8, 4) is 0 Å². The summed E-state index contributed by atoms with van der Waals surface area (Å²) in [5.41, 5.74) is 0. The van der Waals surface area contributed by atoms with E-state index < -0.39 is 5.79 Å². The average molecular weight is 215 g/mol. The highest BCUT2D eigenvalue weighted by molar-refractivity contribution is 5.76. The highest BCUT2D eigenvalue weighted by Crippen LogP contribution is 2.24. The highest BCUT2D eigenvalue weighted by Gasteiger charge is 2.31. The minimum atomic E-state index is -0.539. The smallest absolute Gasteiger partial charge is 0.222 e. The fraction of sp³-hybridized carbons (Fsp3) is 0.909. The van der Waals surface area contributed by atoms with Gasteiger partial charge in [0.2, 0.25) is 5.91 Å². The molecule has 1 fully saturated rings. The molecule has 0 aromatic rings. The van der Waals surface area contributed by atoms with Crippen molar-refractivity contribution in [2.45, 2.75) is 39.4 Å². The van der Waals surface area contributed by atoms with Gasteiger partial charge < -0.3 is 14.4 Å². The number of ether oxygens (including phenoxy) is 2. The minimum absolute atomic E-state index is 0.181. The number of hydrogen-bond donors (Lipinski definition) is 0. The molecule has 0 N–H and O–H groups in total. The molecule has 4 heteroatoms. The normalized spacial score (nSPS) is 19.1. The Bertz CT molecular complexity index is 208. The first-order chi connectivity index (χ1) is 7.11. The largest absolute Gasteiger partial charge is 0.348 e. The van der Waals surface area contributed by atoms with Gasteiger partial charge in [-0.2, -0.15) is 0 Å². The van der Waals surface area contributed by atoms with Crippen LogP contribution in [0.1, 0.15) is 33.6 Å². The van der Waals surface area contributed by atoms with Crippen LogP contribution in [-0.4, -0.2) is 42.9 Å². The predicted octanol–water partition coefficient (Wildman–Crippen LogP) is 1.40. The Kier molecular flexibility index (Phi) is 4.54. The molecule has 0 bridgehead atoms. The third-order valence-electron chi connectivity index (χ3n) is 2.81. The van der Waals surface area contributed by atoms with Crippen LogP contribution in [0.5, 0.6) is 0 Å². The summed E-state index contributed by atoms with van der Waals surface area (Å²) in [4.78, 5) is 13.6. The molecule has 1 saturated heterocycles. The molecule has 0 atom stereocenters. The maximum Gasteiger partial charge on any atom is 0.222 e. The number of carbonyl (C=O) groups excluding carboxylic acids is 1. The SMILES string of the molecule is CCN(CC)C(=O)CCC1(C)OCCO1. The minimum Gasteiger partial charge on any atom is -0.348 e. The Morgan fingerprint density at radius 3 is 2.27 bits per heavy atom. The lowest BCUT2D eigenvalue weighted by Gasteiger charge is -2.24. The van der Waals surface area contributed by atoms with E-state index in [2.05, 4.69) is 0 Å². The van der Waals surface area contributed by atoms with Crippen molar-refractivity contribution in [1.82, 2.24) is 4.90 Å². The van der Waals surface area contributed by atoms with E-state index >= 15 is 0 Å². The maximum absolute atomic E-state index is 11.7. The molecule has 4 nitrogen and oxygen atoms in total. The Balaban J connectivity index is 2.32. The van der Waals surface area contributed by atoms with Crippen LogP contribution in [0.3, 0.4) is 0 Å². The number of amides is 1. The average Bonchev–Trinajstić information content (AvgIpc) is 2.65. The Labute approximate surface area is 91.5 Å². The summed E-state index contributed by atoms with van der Waals surface area (Å²) in [6.07, 6.45) is 1.14. The van der Waals surface area contributed by atoms with Crippen molar-refractivity contribution in [3.63, 3.8) is 0 Å². The van der Waals surface area contributed by atoms with Crippen LogP contribution in [0.25, 0.3) is 0 Å². The summed E-state index contributed by atoms with van der Waals surface area (Å²) in [5, 5.41) is 0. The molecular formula is C11H21NO3. The van der Waals surface area contributed by atoms with Crippen LogP contribution in [0.15, 0.2) is 0 Å². The summed E-state index contributed by atoms with van der Waals surface area (Å²) in [6, 6.07) is 0. The third-order valence-corrected chi connectivity index (χ3v) is 2.81. The van der Waals surface area contributed by atoms with E-state index in [0.717, 1.165) is 13.1 Å². The number of hydrogen-bond acceptors (Lipinski definition) is 3. The van der Waals surface area contributed by atoms with Crippen LogP contribution in [0.4, 0.5) is 0 Å². The van der Waals surface area contributed by atoms with Crippen LogP contribution in [0, 0.1) is 0 Å². The molecule has 0 aliphatic carbocycles. The van der Waals surface area contributed by atoms with Crippen LogP contribution < -0.4 is 0 Å². The van der Waals surface area contributed by atoms with Gasteiger partial charge in [0.1, 0.15) is 0 Å². The number of carbonyl (C=O) groups is 1. The van der Waals surface area contributed by atoms with Gasteiger partial charge in [-0.1, -0.05) is 0 Å². The Morgan fingerprint density at radius 1 is 1.27 bits per heavy atom. The predicted molar refractivity (Wildman–Crippen MR) is 57.5 cm³/mol. The van der Waals surface area contributed by atoms with Crippen LogP contribution in [-0.2, 0) is 14.3 Å². The van der Waals surface area contributed by atoms with Gasteiger partial charge in [0, 0.05) is 25.9 Å². The van der Waals surface area contributed by atoms with E-state index in [4.69, 9.17) is 9.47 Å². The topological polar surface area (TPSA) is 38.8 Å². The lowest BCUT2D eigenvalue weighted by molar-refractivity contribution is -0.155. The molecule has 0 radical (unpaired) electrons. The van der Waals surface area contributed by atoms with E-state index in [1.165, 1.54) is 0 Å². The van der Waals surface area contributed by atoms with Gasteiger partial charge in [0.25, 0.3) is 0 Å². The van der Waals surface area contributed by atoms with Gasteiger partial charge in [-0.3, -0.25) is 4.79 Å². The molecule has 1 rings (SSSR count). The molecule has 1 aliphatic heterocycles. The van der Waals surface area contributed by atoms with Gasteiger partial charge in [-0.15, -0.1) is 0 Å². The van der Waals surface area contributed by atoms with Gasteiger partial charge in [-0.25, -0.2) is 0 Å². The van der Waals surface area contributed by atoms with Crippen LogP contribution >= 0.6 is 0 Å². The van der Waals surface area contributed by atoms with Crippen molar-refractivity contribution >= 4 is 5.91 Å². The zero-order chi connectivity index (χ0) is 11.3. The fourth-order valence-electron chi connectivity index (χ4n) is 1.77. The maximum atomic E-state index is 11.7. The summed E-state index contributed by atoms with van der Waals surface area (Å²) in [5.74, 6) is -0.358. The van der Waals surface area contributed by atoms with Crippen LogP contribution in [0.2, 0.25) is 0 Å². The van der Waals surface area contributed by atoms with Crippen molar-refractivity contribution in [1.29, 1.82) is 0 Å². The summed E-state index contributed by atoms with van der Waals surface area (Å²) < 4.78 is 10.9. The zero-order valence-electron chi connectivity index (χ0n) is 9.91. The zero-order valence-corrected chi connectivity index (χ0v) is 9.91. The number of nitrogens with zero attached hydrogens (tertiary/aromatic N) is 1. The van der Waals surface area contributed by atoms with Crippen molar-refractivity contribution in [2.24, 2.45) is 0 Å². The molecular weight excluding hydrogens is 194 g/mol. The first-order valence-electron chi connectivity index (χ1n) is 5.67. The second kappa shape index (κ2) is 5.47. The van der Waals surface area contributed by atoms with Gasteiger partial charge in [0.05, 0.1) is 13.2 Å². The summed E-state index contributed by atoms with van der Waals surface area (Å²) >= 11 is 0. The lowest BCUT2D eigenvalue weighted by Crippen LogP contribution is -2.33. The van der Waals surface area contributed by atoms with E-state index in [-0.39, 0.29) is 5.91 Å².